The summed E-state index contributed by atoms with van der Waals surface area (Å²) < 4.78 is 2.37. The van der Waals surface area contributed by atoms with Crippen LogP contribution in [-0.4, -0.2) is 4.68 Å². The van der Waals surface area contributed by atoms with Gasteiger partial charge in [-0.15, -0.1) is 0 Å². The molecule has 0 radical (unpaired) electrons. The van der Waals surface area contributed by atoms with E-state index in [4.69, 9.17) is 0 Å². The first-order valence-electron chi connectivity index (χ1n) is 12.4. The average Bonchev–Trinajstić information content (AvgIpc) is 3.49. The molecule has 0 saturated carbocycles. The van der Waals surface area contributed by atoms with E-state index in [9.17, 15) is 0 Å². The lowest BCUT2D eigenvalue weighted by Gasteiger charge is -2.24. The predicted octanol–water partition coefficient (Wildman–Crippen LogP) is 7.98. The molecule has 1 aliphatic heterocycles. The zero-order valence-corrected chi connectivity index (χ0v) is 19.6. The highest BCUT2D eigenvalue weighted by molar-refractivity contribution is 6.28. The summed E-state index contributed by atoms with van der Waals surface area (Å²) >= 11 is 0. The molecule has 8 rings (SSSR count). The average molecular weight is 462 g/mol. The highest BCUT2D eigenvalue weighted by Gasteiger charge is 2.32. The normalized spacial score (nSPS) is 15.3. The smallest absolute Gasteiger partial charge is 0.0815 e. The minimum absolute atomic E-state index is 0.0795. The maximum Gasteiger partial charge on any atom is 0.0815 e. The maximum atomic E-state index is 3.85. The molecule has 0 aliphatic carbocycles. The molecule has 0 bridgehead atoms. The van der Waals surface area contributed by atoms with Gasteiger partial charge in [0.05, 0.1) is 22.8 Å². The zero-order valence-electron chi connectivity index (χ0n) is 19.6. The summed E-state index contributed by atoms with van der Waals surface area (Å²) in [5, 5.41) is 9.92. The Labute approximate surface area is 208 Å². The Morgan fingerprint density at radius 1 is 0.500 bits per heavy atom. The van der Waals surface area contributed by atoms with E-state index in [1.807, 2.05) is 0 Å². The second-order valence-electron chi connectivity index (χ2n) is 9.52. The largest absolute Gasteiger partial charge is 0.238 e. The van der Waals surface area contributed by atoms with Crippen molar-refractivity contribution >= 4 is 49.0 Å². The zero-order chi connectivity index (χ0) is 23.6. The molecule has 170 valence electrons. The molecule has 6 aromatic carbocycles. The molecule has 1 N–H and O–H groups in total. The number of fused-ring (bicyclic) bond motifs is 8. The number of nitrogens with one attached hydrogen (secondary N) is 1. The van der Waals surface area contributed by atoms with Gasteiger partial charge in [0.15, 0.2) is 0 Å². The Morgan fingerprint density at radius 3 is 1.72 bits per heavy atom. The van der Waals surface area contributed by atoms with Crippen LogP contribution in [0.2, 0.25) is 0 Å². The third kappa shape index (κ3) is 2.66. The fourth-order valence-corrected chi connectivity index (χ4v) is 5.99. The van der Waals surface area contributed by atoms with Gasteiger partial charge in [-0.2, -0.15) is 0 Å². The molecular formula is C33H23N3. The first kappa shape index (κ1) is 19.7. The monoisotopic (exact) mass is 461 g/mol. The molecule has 36 heavy (non-hydrogen) atoms. The van der Waals surface area contributed by atoms with Gasteiger partial charge < -0.3 is 0 Å². The Balaban J connectivity index is 1.49. The van der Waals surface area contributed by atoms with Crippen LogP contribution < -0.4 is 10.5 Å². The van der Waals surface area contributed by atoms with Crippen LogP contribution in [0.3, 0.4) is 0 Å². The summed E-state index contributed by atoms with van der Waals surface area (Å²) in [6.45, 7) is 0. The van der Waals surface area contributed by atoms with Crippen molar-refractivity contribution in [2.75, 3.05) is 5.12 Å². The van der Waals surface area contributed by atoms with Crippen molar-refractivity contribution in [2.45, 2.75) is 6.04 Å². The summed E-state index contributed by atoms with van der Waals surface area (Å²) in [7, 11) is 0. The number of aromatic nitrogens is 1. The minimum Gasteiger partial charge on any atom is -0.238 e. The molecule has 1 aliphatic rings. The van der Waals surface area contributed by atoms with Gasteiger partial charge in [0.25, 0.3) is 0 Å². The lowest BCUT2D eigenvalue weighted by molar-refractivity contribution is 0.571. The molecule has 0 spiro atoms. The Hall–Kier alpha value is -4.60. The van der Waals surface area contributed by atoms with Gasteiger partial charge in [-0.1, -0.05) is 109 Å². The van der Waals surface area contributed by atoms with Gasteiger partial charge in [-0.05, 0) is 45.3 Å². The summed E-state index contributed by atoms with van der Waals surface area (Å²) in [5.41, 5.74) is 9.94. The molecule has 1 aromatic heterocycles. The first-order chi connectivity index (χ1) is 17.9. The molecule has 3 nitrogen and oxygen atoms in total. The lowest BCUT2D eigenvalue weighted by atomic mass is 10.00. The van der Waals surface area contributed by atoms with E-state index in [1.165, 1.54) is 60.2 Å². The van der Waals surface area contributed by atoms with Crippen LogP contribution in [0.25, 0.3) is 43.4 Å². The van der Waals surface area contributed by atoms with Gasteiger partial charge >= 0.3 is 0 Å². The van der Waals surface area contributed by atoms with Gasteiger partial charge in [0.2, 0.25) is 0 Å². The molecule has 7 aromatic rings. The standard InChI is InChI=1S/C33H23N3/c1-2-12-24(13-3-1)33-27-16-8-9-17-28(27)36(34-33)35-29-20-18-22-10-4-6-14-25(22)31(29)32-26-15-7-5-11-23(26)19-21-30(32)35/h1-21,33-34H. The van der Waals surface area contributed by atoms with E-state index in [0.29, 0.717) is 0 Å². The fourth-order valence-electron chi connectivity index (χ4n) is 5.99. The van der Waals surface area contributed by atoms with E-state index in [2.05, 4.69) is 143 Å². The summed E-state index contributed by atoms with van der Waals surface area (Å²) in [6.07, 6.45) is 0. The maximum absolute atomic E-state index is 3.85. The first-order valence-corrected chi connectivity index (χ1v) is 12.4. The van der Waals surface area contributed by atoms with Crippen molar-refractivity contribution in [1.29, 1.82) is 0 Å². The molecule has 1 unspecified atom stereocenters. The third-order valence-electron chi connectivity index (χ3n) is 7.58. The molecular weight excluding hydrogens is 438 g/mol. The van der Waals surface area contributed by atoms with Gasteiger partial charge in [-0.25, -0.2) is 15.2 Å². The van der Waals surface area contributed by atoms with E-state index < -0.39 is 0 Å². The van der Waals surface area contributed by atoms with Crippen LogP contribution in [0.1, 0.15) is 17.2 Å². The number of hydrazine groups is 1. The van der Waals surface area contributed by atoms with Crippen LogP contribution in [0.15, 0.2) is 127 Å². The molecule has 0 saturated heterocycles. The van der Waals surface area contributed by atoms with Crippen LogP contribution in [0.4, 0.5) is 5.69 Å². The van der Waals surface area contributed by atoms with E-state index in [-0.39, 0.29) is 6.04 Å². The van der Waals surface area contributed by atoms with Gasteiger partial charge in [0, 0.05) is 16.3 Å². The topological polar surface area (TPSA) is 20.2 Å². The quantitative estimate of drug-likeness (QED) is 0.282. The van der Waals surface area contributed by atoms with E-state index in [1.54, 1.807) is 0 Å². The number of rotatable bonds is 2. The number of anilines is 1. The molecule has 3 heteroatoms. The van der Waals surface area contributed by atoms with Crippen LogP contribution >= 0.6 is 0 Å². The minimum atomic E-state index is 0.0795. The lowest BCUT2D eigenvalue weighted by Crippen LogP contribution is -2.39. The number of benzene rings is 6. The van der Waals surface area contributed by atoms with E-state index in [0.717, 1.165) is 0 Å². The van der Waals surface area contributed by atoms with Crippen molar-refractivity contribution in [3.05, 3.63) is 139 Å². The Kier molecular flexibility index (Phi) is 4.07. The number of nitrogens with zero attached hydrogens (tertiary/aromatic N) is 2. The van der Waals surface area contributed by atoms with Crippen LogP contribution in [-0.2, 0) is 0 Å². The number of para-hydroxylation sites is 1. The van der Waals surface area contributed by atoms with Crippen molar-refractivity contribution in [1.82, 2.24) is 10.1 Å². The fraction of sp³-hybridized carbons (Fsp3) is 0.0303. The SMILES string of the molecule is c1ccc(C2NN(n3c4ccc5ccccc5c4c4c5ccccc5ccc43)c3ccccc32)cc1. The molecule has 2 heterocycles. The van der Waals surface area contributed by atoms with Crippen molar-refractivity contribution in [3.63, 3.8) is 0 Å². The Bertz CT molecular complexity index is 1840. The Morgan fingerprint density at radius 2 is 1.06 bits per heavy atom. The van der Waals surface area contributed by atoms with Gasteiger partial charge in [0.1, 0.15) is 0 Å². The van der Waals surface area contributed by atoms with Crippen LogP contribution in [0, 0.1) is 0 Å². The molecule has 1 atom stereocenters. The van der Waals surface area contributed by atoms with E-state index >= 15 is 0 Å². The van der Waals surface area contributed by atoms with Crippen molar-refractivity contribution in [2.24, 2.45) is 0 Å². The highest BCUT2D eigenvalue weighted by atomic mass is 15.8. The van der Waals surface area contributed by atoms with Crippen LogP contribution in [0.5, 0.6) is 0 Å². The predicted molar refractivity (Wildman–Crippen MR) is 150 cm³/mol. The number of hydrogen-bond donors (Lipinski definition) is 1. The van der Waals surface area contributed by atoms with Crippen molar-refractivity contribution in [3.8, 4) is 0 Å². The van der Waals surface area contributed by atoms with Crippen molar-refractivity contribution < 1.29 is 0 Å². The molecule has 0 fully saturated rings. The summed E-state index contributed by atoms with van der Waals surface area (Å²) in [6, 6.07) is 45.9. The second-order valence-corrected chi connectivity index (χ2v) is 9.52. The summed E-state index contributed by atoms with van der Waals surface area (Å²) in [5.74, 6) is 0. The number of hydrogen-bond acceptors (Lipinski definition) is 2. The third-order valence-corrected chi connectivity index (χ3v) is 7.58. The molecule has 0 amide bonds. The second kappa shape index (κ2) is 7.45. The summed E-state index contributed by atoms with van der Waals surface area (Å²) in [4.78, 5) is 0. The van der Waals surface area contributed by atoms with Gasteiger partial charge in [-0.3, -0.25) is 0 Å². The highest BCUT2D eigenvalue weighted by Crippen LogP contribution is 2.43.